The standard InChI is InChI=1S/C22H24N2O2.ClH/c23-13-18-14-24(15-20(18)16-6-2-1-3-7-16)22(25)11-10-19-12-17-8-4-5-9-21(17)26-19;/h1-9,12,18,20H,10-11,13-15,23H2;1H/t18-,20+;/m1./s1. The zero-order chi connectivity index (χ0) is 17.9. The van der Waals surface area contributed by atoms with Crippen LogP contribution < -0.4 is 5.73 Å². The zero-order valence-corrected chi connectivity index (χ0v) is 16.0. The molecule has 5 heteroatoms. The summed E-state index contributed by atoms with van der Waals surface area (Å²) in [6, 6.07) is 20.4. The summed E-state index contributed by atoms with van der Waals surface area (Å²) in [6.07, 6.45) is 1.10. The molecule has 0 radical (unpaired) electrons. The molecule has 1 aliphatic rings. The summed E-state index contributed by atoms with van der Waals surface area (Å²) >= 11 is 0. The van der Waals surface area contributed by atoms with Gasteiger partial charge < -0.3 is 15.1 Å². The third kappa shape index (κ3) is 4.18. The molecule has 2 aromatic carbocycles. The Bertz CT molecular complexity index is 860. The van der Waals surface area contributed by atoms with Gasteiger partial charge in [0.15, 0.2) is 0 Å². The van der Waals surface area contributed by atoms with Crippen LogP contribution in [0.1, 0.15) is 23.7 Å². The van der Waals surface area contributed by atoms with Gasteiger partial charge in [0.25, 0.3) is 0 Å². The maximum atomic E-state index is 12.7. The number of fused-ring (bicyclic) bond motifs is 1. The minimum absolute atomic E-state index is 0. The van der Waals surface area contributed by atoms with Crippen LogP contribution in [0.5, 0.6) is 0 Å². The van der Waals surface area contributed by atoms with Crippen molar-refractivity contribution in [2.75, 3.05) is 19.6 Å². The number of para-hydroxylation sites is 1. The zero-order valence-electron chi connectivity index (χ0n) is 15.2. The van der Waals surface area contributed by atoms with Crippen LogP contribution in [0.2, 0.25) is 0 Å². The number of likely N-dealkylation sites (tertiary alicyclic amines) is 1. The largest absolute Gasteiger partial charge is 0.461 e. The summed E-state index contributed by atoms with van der Waals surface area (Å²) in [7, 11) is 0. The fourth-order valence-electron chi connectivity index (χ4n) is 3.94. The van der Waals surface area contributed by atoms with Crippen LogP contribution in [0.25, 0.3) is 11.0 Å². The molecule has 1 aliphatic heterocycles. The van der Waals surface area contributed by atoms with Crippen molar-refractivity contribution in [3.63, 3.8) is 0 Å². The first-order valence-electron chi connectivity index (χ1n) is 9.25. The summed E-state index contributed by atoms with van der Waals surface area (Å²) in [5.41, 5.74) is 8.13. The van der Waals surface area contributed by atoms with Gasteiger partial charge in [-0.15, -0.1) is 12.4 Å². The lowest BCUT2D eigenvalue weighted by Crippen LogP contribution is -2.29. The van der Waals surface area contributed by atoms with Gasteiger partial charge in [-0.05, 0) is 30.2 Å². The minimum atomic E-state index is 0. The Hall–Kier alpha value is -2.30. The Morgan fingerprint density at radius 1 is 1.07 bits per heavy atom. The van der Waals surface area contributed by atoms with E-state index in [9.17, 15) is 4.79 Å². The molecule has 1 amide bonds. The molecule has 0 saturated carbocycles. The van der Waals surface area contributed by atoms with Gasteiger partial charge in [0.2, 0.25) is 5.91 Å². The van der Waals surface area contributed by atoms with E-state index in [0.717, 1.165) is 29.8 Å². The smallest absolute Gasteiger partial charge is 0.223 e. The minimum Gasteiger partial charge on any atom is -0.461 e. The molecular formula is C22H25ClN2O2. The fraction of sp³-hybridized carbons (Fsp3) is 0.318. The van der Waals surface area contributed by atoms with E-state index in [4.69, 9.17) is 10.2 Å². The predicted octanol–water partition coefficient (Wildman–Crippen LogP) is 3.99. The van der Waals surface area contributed by atoms with Gasteiger partial charge in [0, 0.05) is 37.2 Å². The summed E-state index contributed by atoms with van der Waals surface area (Å²) in [6.45, 7) is 2.10. The van der Waals surface area contributed by atoms with Crippen molar-refractivity contribution in [1.82, 2.24) is 4.90 Å². The van der Waals surface area contributed by atoms with Crippen molar-refractivity contribution in [3.05, 3.63) is 72.0 Å². The quantitative estimate of drug-likeness (QED) is 0.723. The van der Waals surface area contributed by atoms with Crippen LogP contribution in [-0.4, -0.2) is 30.4 Å². The number of aryl methyl sites for hydroxylation is 1. The average Bonchev–Trinajstić information content (AvgIpc) is 3.30. The lowest BCUT2D eigenvalue weighted by atomic mass is 9.89. The maximum absolute atomic E-state index is 12.7. The third-order valence-corrected chi connectivity index (χ3v) is 5.39. The average molecular weight is 385 g/mol. The van der Waals surface area contributed by atoms with E-state index in [2.05, 4.69) is 24.3 Å². The van der Waals surface area contributed by atoms with E-state index in [1.807, 2.05) is 41.3 Å². The van der Waals surface area contributed by atoms with E-state index < -0.39 is 0 Å². The second kappa shape index (κ2) is 8.59. The van der Waals surface area contributed by atoms with E-state index in [-0.39, 0.29) is 18.3 Å². The van der Waals surface area contributed by atoms with E-state index in [1.54, 1.807) is 0 Å². The van der Waals surface area contributed by atoms with Crippen molar-refractivity contribution in [2.24, 2.45) is 11.7 Å². The number of halogens is 1. The molecule has 2 N–H and O–H groups in total. The van der Waals surface area contributed by atoms with Crippen molar-refractivity contribution < 1.29 is 9.21 Å². The van der Waals surface area contributed by atoms with Crippen molar-refractivity contribution in [3.8, 4) is 0 Å². The Balaban J connectivity index is 0.00000210. The molecule has 1 fully saturated rings. The van der Waals surface area contributed by atoms with Gasteiger partial charge in [0.05, 0.1) is 0 Å². The Morgan fingerprint density at radius 2 is 1.81 bits per heavy atom. The number of benzene rings is 2. The second-order valence-corrected chi connectivity index (χ2v) is 7.06. The summed E-state index contributed by atoms with van der Waals surface area (Å²) < 4.78 is 5.82. The molecule has 0 aliphatic carbocycles. The summed E-state index contributed by atoms with van der Waals surface area (Å²) in [4.78, 5) is 14.7. The van der Waals surface area contributed by atoms with Crippen LogP contribution in [0.3, 0.4) is 0 Å². The molecule has 0 bridgehead atoms. The topological polar surface area (TPSA) is 59.5 Å². The number of furan rings is 1. The number of carbonyl (C=O) groups is 1. The molecule has 3 aromatic rings. The molecule has 1 saturated heterocycles. The summed E-state index contributed by atoms with van der Waals surface area (Å²) in [5, 5.41) is 1.09. The molecule has 2 heterocycles. The molecule has 0 unspecified atom stereocenters. The molecule has 2 atom stereocenters. The number of hydrogen-bond acceptors (Lipinski definition) is 3. The number of amides is 1. The Kier molecular flexibility index (Phi) is 6.19. The molecular weight excluding hydrogens is 360 g/mol. The van der Waals surface area contributed by atoms with E-state index in [0.29, 0.717) is 31.2 Å². The molecule has 1 aromatic heterocycles. The van der Waals surface area contributed by atoms with Gasteiger partial charge in [-0.2, -0.15) is 0 Å². The monoisotopic (exact) mass is 384 g/mol. The molecule has 0 spiro atoms. The highest BCUT2D eigenvalue weighted by molar-refractivity contribution is 5.85. The van der Waals surface area contributed by atoms with Crippen molar-refractivity contribution >= 4 is 29.3 Å². The normalized spacial score (nSPS) is 19.2. The van der Waals surface area contributed by atoms with Gasteiger partial charge in [-0.1, -0.05) is 48.5 Å². The SMILES string of the molecule is Cl.NC[C@@H]1CN(C(=O)CCc2cc3ccccc3o2)C[C@H]1c1ccccc1. The first-order chi connectivity index (χ1) is 12.7. The van der Waals surface area contributed by atoms with Gasteiger partial charge in [0.1, 0.15) is 11.3 Å². The number of nitrogens with zero attached hydrogens (tertiary/aromatic N) is 1. The van der Waals surface area contributed by atoms with Crippen molar-refractivity contribution in [2.45, 2.75) is 18.8 Å². The lowest BCUT2D eigenvalue weighted by molar-refractivity contribution is -0.130. The maximum Gasteiger partial charge on any atom is 0.223 e. The van der Waals surface area contributed by atoms with Crippen LogP contribution in [0.4, 0.5) is 0 Å². The second-order valence-electron chi connectivity index (χ2n) is 7.06. The lowest BCUT2D eigenvalue weighted by Gasteiger charge is -2.16. The van der Waals surface area contributed by atoms with Gasteiger partial charge in [-0.3, -0.25) is 4.79 Å². The number of rotatable bonds is 5. The predicted molar refractivity (Wildman–Crippen MR) is 110 cm³/mol. The molecule has 4 nitrogen and oxygen atoms in total. The van der Waals surface area contributed by atoms with Crippen LogP contribution >= 0.6 is 12.4 Å². The highest BCUT2D eigenvalue weighted by atomic mass is 35.5. The van der Waals surface area contributed by atoms with Gasteiger partial charge >= 0.3 is 0 Å². The van der Waals surface area contributed by atoms with Gasteiger partial charge in [-0.25, -0.2) is 0 Å². The number of hydrogen-bond donors (Lipinski definition) is 1. The van der Waals surface area contributed by atoms with Crippen molar-refractivity contribution in [1.29, 1.82) is 0 Å². The summed E-state index contributed by atoms with van der Waals surface area (Å²) in [5.74, 6) is 1.71. The molecule has 4 rings (SSSR count). The van der Waals surface area contributed by atoms with E-state index >= 15 is 0 Å². The third-order valence-electron chi connectivity index (χ3n) is 5.39. The van der Waals surface area contributed by atoms with E-state index in [1.165, 1.54) is 5.56 Å². The van der Waals surface area contributed by atoms with Crippen LogP contribution in [0, 0.1) is 5.92 Å². The highest BCUT2D eigenvalue weighted by Crippen LogP contribution is 2.32. The fourth-order valence-corrected chi connectivity index (χ4v) is 3.94. The van der Waals surface area contributed by atoms with Crippen LogP contribution in [-0.2, 0) is 11.2 Å². The molecule has 142 valence electrons. The number of nitrogens with two attached hydrogens (primary N) is 1. The first kappa shape index (κ1) is 19.5. The Morgan fingerprint density at radius 3 is 2.56 bits per heavy atom. The highest BCUT2D eigenvalue weighted by Gasteiger charge is 2.34. The Labute approximate surface area is 165 Å². The first-order valence-corrected chi connectivity index (χ1v) is 9.25. The number of carbonyl (C=O) groups excluding carboxylic acids is 1. The van der Waals surface area contributed by atoms with Crippen LogP contribution in [0.15, 0.2) is 65.1 Å². The molecule has 27 heavy (non-hydrogen) atoms.